The first-order valence-electron chi connectivity index (χ1n) is 5.46. The zero-order valence-electron chi connectivity index (χ0n) is 8.59. The van der Waals surface area contributed by atoms with E-state index in [1.165, 1.54) is 0 Å². The number of hydrogen-bond donors (Lipinski definition) is 3. The topological polar surface area (TPSA) is 67.5 Å². The average molecular weight is 200 g/mol. The summed E-state index contributed by atoms with van der Waals surface area (Å²) in [5, 5.41) is 13.7. The van der Waals surface area contributed by atoms with Gasteiger partial charge in [-0.15, -0.1) is 0 Å². The smallest absolute Gasteiger partial charge is 0.107 e. The third-order valence-corrected chi connectivity index (χ3v) is 3.56. The van der Waals surface area contributed by atoms with E-state index in [0.717, 1.165) is 38.8 Å². The van der Waals surface area contributed by atoms with E-state index < -0.39 is 11.1 Å². The highest BCUT2D eigenvalue weighted by atomic mass is 16.5. The van der Waals surface area contributed by atoms with E-state index in [1.54, 1.807) is 0 Å². The third-order valence-electron chi connectivity index (χ3n) is 3.56. The molecule has 2 rings (SSSR count). The molecule has 2 unspecified atom stereocenters. The highest BCUT2D eigenvalue weighted by Crippen LogP contribution is 2.33. The molecular weight excluding hydrogens is 180 g/mol. The molecule has 2 fully saturated rings. The molecule has 0 aromatic heterocycles. The third kappa shape index (κ3) is 1.67. The van der Waals surface area contributed by atoms with Crippen LogP contribution in [0.1, 0.15) is 25.7 Å². The molecule has 2 aliphatic rings. The van der Waals surface area contributed by atoms with Gasteiger partial charge in [0.05, 0.1) is 12.1 Å². The van der Waals surface area contributed by atoms with Gasteiger partial charge < -0.3 is 20.9 Å². The van der Waals surface area contributed by atoms with Crippen molar-refractivity contribution >= 4 is 0 Å². The lowest BCUT2D eigenvalue weighted by molar-refractivity contribution is -0.133. The highest BCUT2D eigenvalue weighted by molar-refractivity contribution is 5.07. The van der Waals surface area contributed by atoms with E-state index in [2.05, 4.69) is 5.32 Å². The standard InChI is InChI=1S/C10H20N2O2/c11-9(3-1-5-12-7-9)10(13)4-2-6-14-8-10/h12-13H,1-8,11H2. The second-order valence-electron chi connectivity index (χ2n) is 4.62. The van der Waals surface area contributed by atoms with E-state index in [9.17, 15) is 5.11 Å². The first-order chi connectivity index (χ1) is 6.66. The Bertz CT molecular complexity index is 174. The maximum atomic E-state index is 10.5. The lowest BCUT2D eigenvalue weighted by atomic mass is 9.72. The zero-order valence-corrected chi connectivity index (χ0v) is 8.59. The summed E-state index contributed by atoms with van der Waals surface area (Å²) in [5.41, 5.74) is 4.96. The van der Waals surface area contributed by atoms with Gasteiger partial charge in [-0.25, -0.2) is 0 Å². The number of nitrogens with two attached hydrogens (primary N) is 1. The van der Waals surface area contributed by atoms with Crippen LogP contribution in [0.4, 0.5) is 0 Å². The second kappa shape index (κ2) is 3.77. The quantitative estimate of drug-likeness (QED) is 0.539. The fraction of sp³-hybridized carbons (Fsp3) is 1.00. The molecule has 2 heterocycles. The van der Waals surface area contributed by atoms with Crippen molar-refractivity contribution in [3.8, 4) is 0 Å². The van der Waals surface area contributed by atoms with Crippen molar-refractivity contribution in [2.45, 2.75) is 36.8 Å². The molecule has 0 aromatic carbocycles. The van der Waals surface area contributed by atoms with E-state index in [4.69, 9.17) is 10.5 Å². The molecule has 4 nitrogen and oxygen atoms in total. The van der Waals surface area contributed by atoms with Gasteiger partial charge in [0, 0.05) is 13.2 Å². The van der Waals surface area contributed by atoms with Gasteiger partial charge in [-0.2, -0.15) is 0 Å². The number of rotatable bonds is 1. The van der Waals surface area contributed by atoms with Crippen LogP contribution < -0.4 is 11.1 Å². The van der Waals surface area contributed by atoms with Gasteiger partial charge in [-0.1, -0.05) is 0 Å². The molecule has 2 aliphatic heterocycles. The Morgan fingerprint density at radius 3 is 2.71 bits per heavy atom. The van der Waals surface area contributed by atoms with Gasteiger partial charge in [-0.3, -0.25) is 0 Å². The van der Waals surface area contributed by atoms with E-state index in [0.29, 0.717) is 13.2 Å². The summed E-state index contributed by atoms with van der Waals surface area (Å²) in [6.07, 6.45) is 3.61. The molecule has 2 atom stereocenters. The Balaban J connectivity index is 2.09. The van der Waals surface area contributed by atoms with Crippen molar-refractivity contribution in [3.05, 3.63) is 0 Å². The lowest BCUT2D eigenvalue weighted by Gasteiger charge is -2.48. The fourth-order valence-corrected chi connectivity index (χ4v) is 2.50. The molecule has 4 heteroatoms. The predicted octanol–water partition coefficient (Wildman–Crippen LogP) is -0.391. The van der Waals surface area contributed by atoms with E-state index in [1.807, 2.05) is 0 Å². The van der Waals surface area contributed by atoms with Crippen LogP contribution in [0.25, 0.3) is 0 Å². The fourth-order valence-electron chi connectivity index (χ4n) is 2.50. The van der Waals surface area contributed by atoms with Crippen LogP contribution in [0.2, 0.25) is 0 Å². The molecule has 0 amide bonds. The average Bonchev–Trinajstić information content (AvgIpc) is 2.20. The minimum atomic E-state index is -0.821. The van der Waals surface area contributed by atoms with Crippen molar-refractivity contribution in [2.75, 3.05) is 26.3 Å². The second-order valence-corrected chi connectivity index (χ2v) is 4.62. The maximum absolute atomic E-state index is 10.5. The summed E-state index contributed by atoms with van der Waals surface area (Å²) in [7, 11) is 0. The number of aliphatic hydroxyl groups is 1. The summed E-state index contributed by atoms with van der Waals surface area (Å²) < 4.78 is 5.35. The Kier molecular flexibility index (Phi) is 2.79. The van der Waals surface area contributed by atoms with Crippen LogP contribution in [0, 0.1) is 0 Å². The SMILES string of the molecule is NC1(C2(O)CCCOC2)CCCNC1. The first kappa shape index (κ1) is 10.4. The number of piperidine rings is 1. The molecule has 0 spiro atoms. The molecule has 0 aliphatic carbocycles. The molecular formula is C10H20N2O2. The Morgan fingerprint density at radius 2 is 2.14 bits per heavy atom. The predicted molar refractivity (Wildman–Crippen MR) is 54.0 cm³/mol. The summed E-state index contributed by atoms with van der Waals surface area (Å²) >= 11 is 0. The van der Waals surface area contributed by atoms with Crippen molar-refractivity contribution in [2.24, 2.45) is 5.73 Å². The maximum Gasteiger partial charge on any atom is 0.107 e. The Morgan fingerprint density at radius 1 is 1.29 bits per heavy atom. The minimum absolute atomic E-state index is 0.394. The molecule has 14 heavy (non-hydrogen) atoms. The molecule has 0 bridgehead atoms. The molecule has 0 aromatic rings. The number of nitrogens with one attached hydrogen (secondary N) is 1. The lowest BCUT2D eigenvalue weighted by Crippen LogP contribution is -2.69. The van der Waals surface area contributed by atoms with Crippen LogP contribution in [0.5, 0.6) is 0 Å². The largest absolute Gasteiger partial charge is 0.385 e. The highest BCUT2D eigenvalue weighted by Gasteiger charge is 2.48. The minimum Gasteiger partial charge on any atom is -0.385 e. The van der Waals surface area contributed by atoms with Gasteiger partial charge >= 0.3 is 0 Å². The van der Waals surface area contributed by atoms with Crippen molar-refractivity contribution in [1.29, 1.82) is 0 Å². The molecule has 4 N–H and O–H groups in total. The van der Waals surface area contributed by atoms with Gasteiger partial charge in [0.25, 0.3) is 0 Å². The van der Waals surface area contributed by atoms with Crippen LogP contribution in [0.3, 0.4) is 0 Å². The van der Waals surface area contributed by atoms with Crippen molar-refractivity contribution in [1.82, 2.24) is 5.32 Å². The summed E-state index contributed by atoms with van der Waals surface area (Å²) in [5.74, 6) is 0. The summed E-state index contributed by atoms with van der Waals surface area (Å²) in [6, 6.07) is 0. The van der Waals surface area contributed by atoms with Crippen molar-refractivity contribution < 1.29 is 9.84 Å². The van der Waals surface area contributed by atoms with Crippen LogP contribution in [-0.2, 0) is 4.74 Å². The van der Waals surface area contributed by atoms with E-state index >= 15 is 0 Å². The summed E-state index contributed by atoms with van der Waals surface area (Å²) in [6.45, 7) is 2.86. The van der Waals surface area contributed by atoms with Gasteiger partial charge in [0.15, 0.2) is 0 Å². The Hall–Kier alpha value is -0.160. The van der Waals surface area contributed by atoms with Crippen LogP contribution in [0.15, 0.2) is 0 Å². The van der Waals surface area contributed by atoms with Gasteiger partial charge in [0.1, 0.15) is 5.60 Å². The van der Waals surface area contributed by atoms with Crippen molar-refractivity contribution in [3.63, 3.8) is 0 Å². The van der Waals surface area contributed by atoms with Crippen LogP contribution >= 0.6 is 0 Å². The number of hydrogen-bond acceptors (Lipinski definition) is 4. The van der Waals surface area contributed by atoms with E-state index in [-0.39, 0.29) is 0 Å². The monoisotopic (exact) mass is 200 g/mol. The first-order valence-corrected chi connectivity index (χ1v) is 5.46. The van der Waals surface area contributed by atoms with Gasteiger partial charge in [0.2, 0.25) is 0 Å². The molecule has 0 saturated carbocycles. The van der Waals surface area contributed by atoms with Crippen LogP contribution in [-0.4, -0.2) is 42.5 Å². The zero-order chi connectivity index (χ0) is 10.1. The van der Waals surface area contributed by atoms with Gasteiger partial charge in [-0.05, 0) is 32.2 Å². The number of ether oxygens (including phenoxy) is 1. The Labute approximate surface area is 84.8 Å². The summed E-state index contributed by atoms with van der Waals surface area (Å²) in [4.78, 5) is 0. The molecule has 82 valence electrons. The normalized spacial score (nSPS) is 45.0. The molecule has 0 radical (unpaired) electrons. The molecule has 2 saturated heterocycles.